The Morgan fingerprint density at radius 2 is 2.08 bits per heavy atom. The highest BCUT2D eigenvalue weighted by Gasteiger charge is 2.39. The normalized spacial score (nSPS) is 20.2. The topological polar surface area (TPSA) is 36.3 Å². The van der Waals surface area contributed by atoms with Crippen molar-refractivity contribution in [3.8, 4) is 0 Å². The van der Waals surface area contributed by atoms with Gasteiger partial charge in [0.25, 0.3) is 0 Å². The molecule has 1 fully saturated rings. The van der Waals surface area contributed by atoms with Crippen LogP contribution in [0.4, 0.5) is 0 Å². The predicted molar refractivity (Wildman–Crippen MR) is 110 cm³/mol. The number of thiocarbonyl (C=S) groups is 1. The summed E-state index contributed by atoms with van der Waals surface area (Å²) in [7, 11) is 4.22. The molecule has 5 nitrogen and oxygen atoms in total. The first-order valence-electron chi connectivity index (χ1n) is 9.27. The van der Waals surface area contributed by atoms with E-state index in [2.05, 4.69) is 77.1 Å². The molecule has 0 unspecified atom stereocenters. The lowest BCUT2D eigenvalue weighted by atomic mass is 9.99. The number of hydrogen-bond acceptors (Lipinski definition) is 3. The molecule has 3 rings (SSSR count). The van der Waals surface area contributed by atoms with Crippen LogP contribution in [0.1, 0.15) is 49.7 Å². The molecule has 1 saturated heterocycles. The Balaban J connectivity index is 1.90. The Labute approximate surface area is 162 Å². The minimum Gasteiger partial charge on any atom is -0.352 e. The van der Waals surface area contributed by atoms with Crippen LogP contribution < -0.4 is 5.32 Å². The molecule has 0 radical (unpaired) electrons. The third-order valence-corrected chi connectivity index (χ3v) is 5.23. The number of nitrogens with zero attached hydrogens (tertiary/aromatic N) is 4. The summed E-state index contributed by atoms with van der Waals surface area (Å²) in [4.78, 5) is 9.14. The van der Waals surface area contributed by atoms with Crippen molar-refractivity contribution in [3.05, 3.63) is 54.1 Å². The summed E-state index contributed by atoms with van der Waals surface area (Å²) in [6.45, 7) is 6.39. The average molecular weight is 372 g/mol. The minimum atomic E-state index is 0.0751. The van der Waals surface area contributed by atoms with Crippen LogP contribution in [-0.2, 0) is 0 Å². The van der Waals surface area contributed by atoms with Crippen LogP contribution in [0.25, 0.3) is 0 Å². The van der Waals surface area contributed by atoms with Gasteiger partial charge in [0.1, 0.15) is 0 Å². The van der Waals surface area contributed by atoms with Crippen molar-refractivity contribution in [3.63, 3.8) is 0 Å². The minimum absolute atomic E-state index is 0.0751. The van der Waals surface area contributed by atoms with Crippen LogP contribution in [-0.4, -0.2) is 51.6 Å². The predicted octanol–water partition coefficient (Wildman–Crippen LogP) is 3.39. The van der Waals surface area contributed by atoms with Crippen molar-refractivity contribution in [2.45, 2.75) is 38.4 Å². The number of hydrogen-bond donors (Lipinski definition) is 1. The summed E-state index contributed by atoms with van der Waals surface area (Å²) in [5.41, 5.74) is 2.32. The van der Waals surface area contributed by atoms with E-state index in [1.165, 1.54) is 5.56 Å². The highest BCUT2D eigenvalue weighted by Crippen LogP contribution is 2.38. The molecule has 0 aromatic carbocycles. The van der Waals surface area contributed by atoms with Crippen molar-refractivity contribution in [2.24, 2.45) is 0 Å². The molecule has 26 heavy (non-hydrogen) atoms. The molecular weight excluding hydrogens is 342 g/mol. The third-order valence-electron chi connectivity index (χ3n) is 4.88. The van der Waals surface area contributed by atoms with E-state index in [9.17, 15) is 0 Å². The monoisotopic (exact) mass is 371 g/mol. The molecule has 0 aliphatic carbocycles. The molecule has 1 aliphatic rings. The van der Waals surface area contributed by atoms with E-state index in [-0.39, 0.29) is 12.1 Å². The van der Waals surface area contributed by atoms with Crippen molar-refractivity contribution in [2.75, 3.05) is 27.2 Å². The van der Waals surface area contributed by atoms with Crippen LogP contribution in [0, 0.1) is 0 Å². The number of pyridine rings is 1. The van der Waals surface area contributed by atoms with Gasteiger partial charge in [-0.1, -0.05) is 6.07 Å². The largest absolute Gasteiger partial charge is 0.352 e. The SMILES string of the molecule is CC(C)n1ccc([C@H]2[C@@H](c3ccccn3)NC(=S)N2CCCN(C)C)c1. The highest BCUT2D eigenvalue weighted by molar-refractivity contribution is 7.80. The Morgan fingerprint density at radius 1 is 1.27 bits per heavy atom. The molecule has 0 saturated carbocycles. The molecule has 2 aromatic heterocycles. The zero-order valence-electron chi connectivity index (χ0n) is 16.1. The van der Waals surface area contributed by atoms with Gasteiger partial charge in [-0.3, -0.25) is 4.98 Å². The fourth-order valence-electron chi connectivity index (χ4n) is 3.49. The molecule has 3 heterocycles. The van der Waals surface area contributed by atoms with E-state index in [0.717, 1.165) is 30.3 Å². The van der Waals surface area contributed by atoms with Gasteiger partial charge in [-0.15, -0.1) is 0 Å². The summed E-state index contributed by atoms with van der Waals surface area (Å²) >= 11 is 5.70. The zero-order chi connectivity index (χ0) is 18.7. The summed E-state index contributed by atoms with van der Waals surface area (Å²) in [5.74, 6) is 0. The zero-order valence-corrected chi connectivity index (χ0v) is 16.9. The average Bonchev–Trinajstić information content (AvgIpc) is 3.21. The standard InChI is InChI=1S/C20H29N5S/c1-15(2)24-13-9-16(14-24)19-18(17-8-5-6-10-21-17)22-20(26)25(19)12-7-11-23(3)4/h5-6,8-10,13-15,18-19H,7,11-12H2,1-4H3,(H,22,26)/t18-,19+/m1/s1. The van der Waals surface area contributed by atoms with E-state index < -0.39 is 0 Å². The first-order chi connectivity index (χ1) is 12.5. The van der Waals surface area contributed by atoms with Crippen LogP contribution in [0.15, 0.2) is 42.9 Å². The molecule has 2 atom stereocenters. The fraction of sp³-hybridized carbons (Fsp3) is 0.500. The lowest BCUT2D eigenvalue weighted by Gasteiger charge is -2.27. The Hall–Kier alpha value is -1.92. The molecule has 2 aromatic rings. The van der Waals surface area contributed by atoms with Crippen LogP contribution >= 0.6 is 12.2 Å². The molecule has 0 spiro atoms. The Bertz CT molecular complexity index is 725. The van der Waals surface area contributed by atoms with Crippen LogP contribution in [0.2, 0.25) is 0 Å². The maximum absolute atomic E-state index is 5.70. The second-order valence-corrected chi connectivity index (χ2v) is 7.85. The molecule has 6 heteroatoms. The molecule has 0 amide bonds. The second kappa shape index (κ2) is 8.18. The van der Waals surface area contributed by atoms with Gasteiger partial charge in [-0.25, -0.2) is 0 Å². The van der Waals surface area contributed by atoms with Gasteiger partial charge in [0.2, 0.25) is 0 Å². The molecule has 1 N–H and O–H groups in total. The van der Waals surface area contributed by atoms with Crippen LogP contribution in [0.3, 0.4) is 0 Å². The van der Waals surface area contributed by atoms with Crippen molar-refractivity contribution in [1.29, 1.82) is 0 Å². The van der Waals surface area contributed by atoms with Crippen molar-refractivity contribution < 1.29 is 0 Å². The van der Waals surface area contributed by atoms with Gasteiger partial charge in [0, 0.05) is 31.2 Å². The first kappa shape index (κ1) is 18.9. The second-order valence-electron chi connectivity index (χ2n) is 7.46. The van der Waals surface area contributed by atoms with Gasteiger partial charge in [0.05, 0.1) is 17.8 Å². The summed E-state index contributed by atoms with van der Waals surface area (Å²) < 4.78 is 2.25. The summed E-state index contributed by atoms with van der Waals surface area (Å²) in [5, 5.41) is 4.34. The third kappa shape index (κ3) is 4.07. The molecule has 1 aliphatic heterocycles. The van der Waals surface area contributed by atoms with Gasteiger partial charge in [-0.2, -0.15) is 0 Å². The lowest BCUT2D eigenvalue weighted by Crippen LogP contribution is -2.32. The lowest BCUT2D eigenvalue weighted by molar-refractivity contribution is 0.293. The smallest absolute Gasteiger partial charge is 0.170 e. The molecule has 0 bridgehead atoms. The molecular formula is C20H29N5S. The van der Waals surface area contributed by atoms with Gasteiger partial charge >= 0.3 is 0 Å². The van der Waals surface area contributed by atoms with Gasteiger partial charge in [0.15, 0.2) is 5.11 Å². The first-order valence-corrected chi connectivity index (χ1v) is 9.68. The van der Waals surface area contributed by atoms with E-state index in [0.29, 0.717) is 6.04 Å². The summed E-state index contributed by atoms with van der Waals surface area (Å²) in [6, 6.07) is 8.98. The van der Waals surface area contributed by atoms with E-state index in [1.54, 1.807) is 0 Å². The fourth-order valence-corrected chi connectivity index (χ4v) is 3.83. The molecule has 140 valence electrons. The maximum Gasteiger partial charge on any atom is 0.170 e. The van der Waals surface area contributed by atoms with Gasteiger partial charge in [-0.05, 0) is 76.9 Å². The van der Waals surface area contributed by atoms with Crippen molar-refractivity contribution >= 4 is 17.3 Å². The summed E-state index contributed by atoms with van der Waals surface area (Å²) in [6.07, 6.45) is 7.34. The highest BCUT2D eigenvalue weighted by atomic mass is 32.1. The Kier molecular flexibility index (Phi) is 5.94. The van der Waals surface area contributed by atoms with Crippen molar-refractivity contribution in [1.82, 2.24) is 24.7 Å². The van der Waals surface area contributed by atoms with Gasteiger partial charge < -0.3 is 19.7 Å². The van der Waals surface area contributed by atoms with Crippen LogP contribution in [0.5, 0.6) is 0 Å². The van der Waals surface area contributed by atoms with E-state index >= 15 is 0 Å². The number of nitrogens with one attached hydrogen (secondary N) is 1. The quantitative estimate of drug-likeness (QED) is 0.755. The van der Waals surface area contributed by atoms with E-state index in [4.69, 9.17) is 12.2 Å². The number of aromatic nitrogens is 2. The van der Waals surface area contributed by atoms with E-state index in [1.807, 2.05) is 18.3 Å². The Morgan fingerprint density at radius 3 is 2.69 bits per heavy atom. The maximum atomic E-state index is 5.70. The number of rotatable bonds is 7.